The number of rotatable bonds is 8. The van der Waals surface area contributed by atoms with E-state index in [0.717, 1.165) is 25.7 Å². The summed E-state index contributed by atoms with van der Waals surface area (Å²) in [6.45, 7) is 2.25. The molecule has 1 aliphatic carbocycles. The molecule has 0 heterocycles. The standard InChI is InChI=1S/C26H29Cl/c1-2-3-10-21-15-17-24(18-16-21)26(23-13-8-5-9-14-23)25(19-20-27)22-11-6-4-7-12-22/h4,6-8,11-18H,2-3,5,9-10,19-20H2,1H3/b26-25-. The van der Waals surface area contributed by atoms with Crippen molar-refractivity contribution in [3.8, 4) is 0 Å². The Kier molecular flexibility index (Phi) is 7.54. The van der Waals surface area contributed by atoms with Crippen LogP contribution in [-0.2, 0) is 6.42 Å². The van der Waals surface area contributed by atoms with E-state index in [1.165, 1.54) is 46.3 Å². The van der Waals surface area contributed by atoms with Crippen LogP contribution in [0.3, 0.4) is 0 Å². The van der Waals surface area contributed by atoms with Crippen molar-refractivity contribution in [2.45, 2.75) is 45.4 Å². The van der Waals surface area contributed by atoms with Gasteiger partial charge in [-0.05, 0) is 65.5 Å². The summed E-state index contributed by atoms with van der Waals surface area (Å²) in [6.07, 6.45) is 13.7. The maximum atomic E-state index is 6.23. The van der Waals surface area contributed by atoms with Crippen LogP contribution >= 0.6 is 11.6 Å². The van der Waals surface area contributed by atoms with E-state index in [0.29, 0.717) is 5.88 Å². The average molecular weight is 377 g/mol. The molecule has 1 aliphatic rings. The summed E-state index contributed by atoms with van der Waals surface area (Å²) < 4.78 is 0. The average Bonchev–Trinajstić information content (AvgIpc) is 2.74. The zero-order valence-electron chi connectivity index (χ0n) is 16.3. The SMILES string of the molecule is CCCCc1ccc(/C(C2=CCCC=C2)=C(/CCCl)c2ccccc2)cc1. The molecule has 3 rings (SSSR count). The van der Waals surface area contributed by atoms with Crippen molar-refractivity contribution in [3.63, 3.8) is 0 Å². The van der Waals surface area contributed by atoms with Gasteiger partial charge in [0.15, 0.2) is 0 Å². The molecule has 0 saturated heterocycles. The molecule has 0 unspecified atom stereocenters. The third-order valence-corrected chi connectivity index (χ3v) is 5.30. The number of hydrogen-bond acceptors (Lipinski definition) is 0. The summed E-state index contributed by atoms with van der Waals surface area (Å²) >= 11 is 6.23. The molecule has 0 spiro atoms. The van der Waals surface area contributed by atoms with Gasteiger partial charge in [0.2, 0.25) is 0 Å². The van der Waals surface area contributed by atoms with Gasteiger partial charge in [-0.1, -0.05) is 86.2 Å². The fourth-order valence-corrected chi connectivity index (χ4v) is 3.87. The Labute approximate surface area is 169 Å². The summed E-state index contributed by atoms with van der Waals surface area (Å²) in [6, 6.07) is 19.9. The molecular formula is C26H29Cl. The first-order valence-electron chi connectivity index (χ1n) is 10.1. The van der Waals surface area contributed by atoms with Crippen molar-refractivity contribution in [2.24, 2.45) is 0 Å². The van der Waals surface area contributed by atoms with E-state index in [2.05, 4.69) is 79.7 Å². The van der Waals surface area contributed by atoms with Crippen LogP contribution in [0.15, 0.2) is 78.4 Å². The maximum absolute atomic E-state index is 6.23. The van der Waals surface area contributed by atoms with E-state index >= 15 is 0 Å². The van der Waals surface area contributed by atoms with Gasteiger partial charge in [0, 0.05) is 5.88 Å². The Morgan fingerprint density at radius 1 is 0.926 bits per heavy atom. The van der Waals surface area contributed by atoms with Gasteiger partial charge in [-0.15, -0.1) is 11.6 Å². The number of unbranched alkanes of at least 4 members (excludes halogenated alkanes) is 1. The van der Waals surface area contributed by atoms with Gasteiger partial charge >= 0.3 is 0 Å². The zero-order chi connectivity index (χ0) is 18.9. The maximum Gasteiger partial charge on any atom is 0.0264 e. The molecule has 1 heteroatoms. The summed E-state index contributed by atoms with van der Waals surface area (Å²) in [4.78, 5) is 0. The second-order valence-corrected chi connectivity index (χ2v) is 7.48. The normalized spacial score (nSPS) is 14.7. The van der Waals surface area contributed by atoms with Crippen LogP contribution in [0.4, 0.5) is 0 Å². The molecule has 0 bridgehead atoms. The van der Waals surface area contributed by atoms with E-state index in [4.69, 9.17) is 11.6 Å². The van der Waals surface area contributed by atoms with Gasteiger partial charge in [-0.3, -0.25) is 0 Å². The van der Waals surface area contributed by atoms with Gasteiger partial charge in [0.05, 0.1) is 0 Å². The molecule has 0 aliphatic heterocycles. The molecular weight excluding hydrogens is 348 g/mol. The Morgan fingerprint density at radius 2 is 1.70 bits per heavy atom. The van der Waals surface area contributed by atoms with Crippen LogP contribution in [0, 0.1) is 0 Å². The highest BCUT2D eigenvalue weighted by Crippen LogP contribution is 2.36. The summed E-state index contributed by atoms with van der Waals surface area (Å²) in [7, 11) is 0. The minimum Gasteiger partial charge on any atom is -0.126 e. The van der Waals surface area contributed by atoms with E-state index in [1.807, 2.05) is 0 Å². The lowest BCUT2D eigenvalue weighted by atomic mass is 9.85. The lowest BCUT2D eigenvalue weighted by Crippen LogP contribution is -1.99. The van der Waals surface area contributed by atoms with Crippen LogP contribution in [-0.4, -0.2) is 5.88 Å². The van der Waals surface area contributed by atoms with E-state index in [1.54, 1.807) is 0 Å². The molecule has 0 amide bonds. The molecule has 0 radical (unpaired) electrons. The number of allylic oxidation sites excluding steroid dienone is 6. The number of halogens is 1. The van der Waals surface area contributed by atoms with Crippen molar-refractivity contribution < 1.29 is 0 Å². The van der Waals surface area contributed by atoms with E-state index in [-0.39, 0.29) is 0 Å². The van der Waals surface area contributed by atoms with Crippen LogP contribution in [0.5, 0.6) is 0 Å². The van der Waals surface area contributed by atoms with Crippen LogP contribution in [0.2, 0.25) is 0 Å². The van der Waals surface area contributed by atoms with Gasteiger partial charge in [-0.2, -0.15) is 0 Å². The molecule has 0 N–H and O–H groups in total. The first-order chi connectivity index (χ1) is 13.3. The van der Waals surface area contributed by atoms with Gasteiger partial charge in [-0.25, -0.2) is 0 Å². The monoisotopic (exact) mass is 376 g/mol. The van der Waals surface area contributed by atoms with Crippen molar-refractivity contribution >= 4 is 22.7 Å². The third kappa shape index (κ3) is 5.23. The molecule has 27 heavy (non-hydrogen) atoms. The van der Waals surface area contributed by atoms with Crippen LogP contribution in [0.25, 0.3) is 11.1 Å². The molecule has 0 aromatic heterocycles. The predicted molar refractivity (Wildman–Crippen MR) is 120 cm³/mol. The Hall–Kier alpha value is -2.05. The minimum atomic E-state index is 0.624. The first kappa shape index (κ1) is 19.7. The largest absolute Gasteiger partial charge is 0.126 e. The molecule has 0 nitrogen and oxygen atoms in total. The number of alkyl halides is 1. The van der Waals surface area contributed by atoms with Crippen LogP contribution < -0.4 is 0 Å². The second-order valence-electron chi connectivity index (χ2n) is 7.10. The van der Waals surface area contributed by atoms with Crippen molar-refractivity contribution in [1.82, 2.24) is 0 Å². The molecule has 2 aromatic rings. The molecule has 2 aromatic carbocycles. The number of aryl methyl sites for hydroxylation is 1. The van der Waals surface area contributed by atoms with Crippen molar-refractivity contribution in [2.75, 3.05) is 5.88 Å². The number of benzene rings is 2. The molecule has 0 fully saturated rings. The first-order valence-corrected chi connectivity index (χ1v) is 10.7. The second kappa shape index (κ2) is 10.3. The van der Waals surface area contributed by atoms with E-state index < -0.39 is 0 Å². The fourth-order valence-electron chi connectivity index (χ4n) is 3.68. The summed E-state index contributed by atoms with van der Waals surface area (Å²) in [5.41, 5.74) is 7.97. The fraction of sp³-hybridized carbons (Fsp3) is 0.308. The predicted octanol–water partition coefficient (Wildman–Crippen LogP) is 7.85. The molecule has 0 atom stereocenters. The summed E-state index contributed by atoms with van der Waals surface area (Å²) in [5, 5.41) is 0. The van der Waals surface area contributed by atoms with E-state index in [9.17, 15) is 0 Å². The smallest absolute Gasteiger partial charge is 0.0264 e. The third-order valence-electron chi connectivity index (χ3n) is 5.11. The zero-order valence-corrected chi connectivity index (χ0v) is 17.0. The van der Waals surface area contributed by atoms with Gasteiger partial charge < -0.3 is 0 Å². The highest BCUT2D eigenvalue weighted by Gasteiger charge is 2.15. The highest BCUT2D eigenvalue weighted by molar-refractivity contribution is 6.18. The lowest BCUT2D eigenvalue weighted by Gasteiger charge is -2.19. The Bertz CT molecular complexity index is 807. The van der Waals surface area contributed by atoms with Crippen molar-refractivity contribution in [3.05, 3.63) is 95.1 Å². The Balaban J connectivity index is 2.10. The minimum absolute atomic E-state index is 0.624. The number of hydrogen-bond donors (Lipinski definition) is 0. The molecule has 140 valence electrons. The van der Waals surface area contributed by atoms with Gasteiger partial charge in [0.1, 0.15) is 0 Å². The van der Waals surface area contributed by atoms with Crippen LogP contribution in [0.1, 0.15) is 55.7 Å². The lowest BCUT2D eigenvalue weighted by molar-refractivity contribution is 0.795. The van der Waals surface area contributed by atoms with Gasteiger partial charge in [0.25, 0.3) is 0 Å². The highest BCUT2D eigenvalue weighted by atomic mass is 35.5. The quantitative estimate of drug-likeness (QED) is 0.325. The summed E-state index contributed by atoms with van der Waals surface area (Å²) in [5.74, 6) is 0.624. The van der Waals surface area contributed by atoms with Crippen molar-refractivity contribution in [1.29, 1.82) is 0 Å². The Morgan fingerprint density at radius 3 is 2.33 bits per heavy atom. The molecule has 0 saturated carbocycles. The topological polar surface area (TPSA) is 0 Å².